The van der Waals surface area contributed by atoms with Gasteiger partial charge >= 0.3 is 0 Å². The number of aromatic nitrogens is 2. The van der Waals surface area contributed by atoms with Gasteiger partial charge in [0.2, 0.25) is 16.9 Å². The fraction of sp³-hybridized carbons (Fsp3) is 0.444. The molecule has 0 radical (unpaired) electrons. The Labute approximate surface area is 156 Å². The Morgan fingerprint density at radius 3 is 2.85 bits per heavy atom. The summed E-state index contributed by atoms with van der Waals surface area (Å²) in [5.41, 5.74) is 0.926. The number of amides is 2. The SMILES string of the molecule is COc1ccccc1CN1C[C@@H](C(=O)Nc2nnc(C(C)C)s2)CC1=O. The van der Waals surface area contributed by atoms with Crippen molar-refractivity contribution in [1.82, 2.24) is 15.1 Å². The lowest BCUT2D eigenvalue weighted by Crippen LogP contribution is -2.28. The highest BCUT2D eigenvalue weighted by atomic mass is 32.1. The summed E-state index contributed by atoms with van der Waals surface area (Å²) in [4.78, 5) is 26.5. The molecule has 3 rings (SSSR count). The van der Waals surface area contributed by atoms with Crippen molar-refractivity contribution in [2.75, 3.05) is 19.0 Å². The van der Waals surface area contributed by atoms with Gasteiger partial charge < -0.3 is 15.0 Å². The van der Waals surface area contributed by atoms with E-state index in [1.165, 1.54) is 11.3 Å². The molecule has 0 bridgehead atoms. The van der Waals surface area contributed by atoms with E-state index in [0.717, 1.165) is 16.3 Å². The lowest BCUT2D eigenvalue weighted by Gasteiger charge is -2.18. The van der Waals surface area contributed by atoms with E-state index in [1.54, 1.807) is 12.0 Å². The van der Waals surface area contributed by atoms with E-state index in [2.05, 4.69) is 15.5 Å². The number of carbonyl (C=O) groups excluding carboxylic acids is 2. The maximum atomic E-state index is 12.5. The number of para-hydroxylation sites is 1. The van der Waals surface area contributed by atoms with Crippen LogP contribution in [0.2, 0.25) is 0 Å². The summed E-state index contributed by atoms with van der Waals surface area (Å²) >= 11 is 1.37. The van der Waals surface area contributed by atoms with Crippen LogP contribution in [0.25, 0.3) is 0 Å². The van der Waals surface area contributed by atoms with Crippen LogP contribution in [0.5, 0.6) is 5.75 Å². The van der Waals surface area contributed by atoms with Crippen LogP contribution < -0.4 is 10.1 Å². The number of benzene rings is 1. The normalized spacial score (nSPS) is 17.0. The van der Waals surface area contributed by atoms with Gasteiger partial charge in [-0.25, -0.2) is 0 Å². The predicted molar refractivity (Wildman–Crippen MR) is 99.1 cm³/mol. The van der Waals surface area contributed by atoms with Gasteiger partial charge in [0.05, 0.1) is 13.0 Å². The zero-order valence-corrected chi connectivity index (χ0v) is 15.9. The second-order valence-electron chi connectivity index (χ2n) is 6.58. The first-order valence-corrected chi connectivity index (χ1v) is 9.33. The molecule has 7 nitrogen and oxygen atoms in total. The molecule has 1 aliphatic rings. The second-order valence-corrected chi connectivity index (χ2v) is 7.59. The minimum absolute atomic E-state index is 0.0313. The Hall–Kier alpha value is -2.48. The van der Waals surface area contributed by atoms with Gasteiger partial charge in [-0.05, 0) is 6.07 Å². The Morgan fingerprint density at radius 2 is 2.15 bits per heavy atom. The van der Waals surface area contributed by atoms with Crippen molar-refractivity contribution in [2.45, 2.75) is 32.7 Å². The number of carbonyl (C=O) groups is 2. The van der Waals surface area contributed by atoms with Crippen molar-refractivity contribution in [2.24, 2.45) is 5.92 Å². The average molecular weight is 374 g/mol. The van der Waals surface area contributed by atoms with Gasteiger partial charge in [0.1, 0.15) is 10.8 Å². The molecule has 1 aromatic carbocycles. The molecule has 138 valence electrons. The molecule has 1 aromatic heterocycles. The highest BCUT2D eigenvalue weighted by Crippen LogP contribution is 2.27. The number of ether oxygens (including phenoxy) is 1. The summed E-state index contributed by atoms with van der Waals surface area (Å²) < 4.78 is 5.33. The van der Waals surface area contributed by atoms with Gasteiger partial charge in [-0.2, -0.15) is 0 Å². The van der Waals surface area contributed by atoms with E-state index in [9.17, 15) is 9.59 Å². The molecule has 2 heterocycles. The largest absolute Gasteiger partial charge is 0.496 e. The summed E-state index contributed by atoms with van der Waals surface area (Å²) in [5, 5.41) is 12.2. The Balaban J connectivity index is 1.62. The molecule has 0 unspecified atom stereocenters. The number of anilines is 1. The van der Waals surface area contributed by atoms with E-state index >= 15 is 0 Å². The maximum Gasteiger partial charge on any atom is 0.231 e. The fourth-order valence-electron chi connectivity index (χ4n) is 2.87. The number of rotatable bonds is 6. The first kappa shape index (κ1) is 18.3. The van der Waals surface area contributed by atoms with Gasteiger partial charge in [0.15, 0.2) is 0 Å². The first-order chi connectivity index (χ1) is 12.5. The smallest absolute Gasteiger partial charge is 0.231 e. The van der Waals surface area contributed by atoms with Crippen molar-refractivity contribution in [3.05, 3.63) is 34.8 Å². The highest BCUT2D eigenvalue weighted by molar-refractivity contribution is 7.15. The van der Waals surface area contributed by atoms with Crippen LogP contribution in [0.4, 0.5) is 5.13 Å². The van der Waals surface area contributed by atoms with Gasteiger partial charge in [-0.3, -0.25) is 9.59 Å². The molecule has 2 aromatic rings. The third-order valence-electron chi connectivity index (χ3n) is 4.30. The summed E-state index contributed by atoms with van der Waals surface area (Å²) in [5.74, 6) is 0.401. The molecule has 1 fully saturated rings. The highest BCUT2D eigenvalue weighted by Gasteiger charge is 2.35. The van der Waals surface area contributed by atoms with E-state index in [0.29, 0.717) is 18.2 Å². The van der Waals surface area contributed by atoms with Crippen LogP contribution in [-0.4, -0.2) is 40.6 Å². The van der Waals surface area contributed by atoms with Crippen molar-refractivity contribution in [1.29, 1.82) is 0 Å². The summed E-state index contributed by atoms with van der Waals surface area (Å²) in [6, 6.07) is 7.58. The molecule has 0 aliphatic carbocycles. The van der Waals surface area contributed by atoms with Gasteiger partial charge in [-0.1, -0.05) is 43.4 Å². The van der Waals surface area contributed by atoms with Crippen LogP contribution in [0, 0.1) is 5.92 Å². The molecule has 1 aliphatic heterocycles. The number of likely N-dealkylation sites (tertiary alicyclic amines) is 1. The third kappa shape index (κ3) is 4.01. The minimum atomic E-state index is -0.386. The van der Waals surface area contributed by atoms with Crippen molar-refractivity contribution < 1.29 is 14.3 Å². The predicted octanol–water partition coefficient (Wildman–Crippen LogP) is 2.66. The fourth-order valence-corrected chi connectivity index (χ4v) is 3.61. The van der Waals surface area contributed by atoms with Crippen LogP contribution in [0.1, 0.15) is 36.8 Å². The van der Waals surface area contributed by atoms with Gasteiger partial charge in [-0.15, -0.1) is 10.2 Å². The van der Waals surface area contributed by atoms with Gasteiger partial charge in [0, 0.05) is 31.0 Å². The third-order valence-corrected chi connectivity index (χ3v) is 5.44. The van der Waals surface area contributed by atoms with Crippen molar-refractivity contribution in [3.8, 4) is 5.75 Å². The molecule has 1 N–H and O–H groups in total. The zero-order valence-electron chi connectivity index (χ0n) is 15.1. The summed E-state index contributed by atoms with van der Waals surface area (Å²) in [6.07, 6.45) is 0.205. The Morgan fingerprint density at radius 1 is 1.38 bits per heavy atom. The average Bonchev–Trinajstić information content (AvgIpc) is 3.23. The van der Waals surface area contributed by atoms with Crippen LogP contribution >= 0.6 is 11.3 Å². The van der Waals surface area contributed by atoms with E-state index in [1.807, 2.05) is 38.1 Å². The van der Waals surface area contributed by atoms with Gasteiger partial charge in [0.25, 0.3) is 0 Å². The topological polar surface area (TPSA) is 84.4 Å². The van der Waals surface area contributed by atoms with Crippen molar-refractivity contribution in [3.63, 3.8) is 0 Å². The van der Waals surface area contributed by atoms with Crippen LogP contribution in [0.15, 0.2) is 24.3 Å². The molecule has 1 atom stereocenters. The van der Waals surface area contributed by atoms with Crippen LogP contribution in [0.3, 0.4) is 0 Å². The Bertz CT molecular complexity index is 805. The lowest BCUT2D eigenvalue weighted by atomic mass is 10.1. The standard InChI is InChI=1S/C18H22N4O3S/c1-11(2)17-20-21-18(26-17)19-16(24)13-8-15(23)22(10-13)9-12-6-4-5-7-14(12)25-3/h4-7,11,13H,8-10H2,1-3H3,(H,19,21,24)/t13-/m0/s1. The molecular formula is C18H22N4O3S. The monoisotopic (exact) mass is 374 g/mol. The van der Waals surface area contributed by atoms with E-state index in [4.69, 9.17) is 4.74 Å². The zero-order chi connectivity index (χ0) is 18.7. The lowest BCUT2D eigenvalue weighted by molar-refractivity contribution is -0.128. The molecule has 2 amide bonds. The first-order valence-electron chi connectivity index (χ1n) is 8.52. The molecule has 1 saturated heterocycles. The van der Waals surface area contributed by atoms with E-state index in [-0.39, 0.29) is 30.1 Å². The molecule has 8 heteroatoms. The summed E-state index contributed by atoms with van der Waals surface area (Å²) in [6.45, 7) is 4.87. The number of methoxy groups -OCH3 is 1. The van der Waals surface area contributed by atoms with Crippen molar-refractivity contribution >= 4 is 28.3 Å². The number of hydrogen-bond acceptors (Lipinski definition) is 6. The molecule has 26 heavy (non-hydrogen) atoms. The number of nitrogens with one attached hydrogen (secondary N) is 1. The molecule has 0 saturated carbocycles. The molecular weight excluding hydrogens is 352 g/mol. The van der Waals surface area contributed by atoms with Crippen LogP contribution in [-0.2, 0) is 16.1 Å². The maximum absolute atomic E-state index is 12.5. The number of hydrogen-bond donors (Lipinski definition) is 1. The van der Waals surface area contributed by atoms with E-state index < -0.39 is 0 Å². The quantitative estimate of drug-likeness (QED) is 0.840. The Kier molecular flexibility index (Phi) is 5.51. The molecule has 0 spiro atoms. The number of nitrogens with zero attached hydrogens (tertiary/aromatic N) is 3. The summed E-state index contributed by atoms with van der Waals surface area (Å²) in [7, 11) is 1.61. The second kappa shape index (κ2) is 7.82. The minimum Gasteiger partial charge on any atom is -0.496 e.